The highest BCUT2D eigenvalue weighted by molar-refractivity contribution is 5.91. The Morgan fingerprint density at radius 1 is 1.11 bits per heavy atom. The smallest absolute Gasteiger partial charge is 0.331 e. The Morgan fingerprint density at radius 3 is 2.21 bits per heavy atom. The molecule has 0 aliphatic rings. The van der Waals surface area contributed by atoms with E-state index in [1.807, 2.05) is 0 Å². The minimum Gasteiger partial charge on any atom is -0.460 e. The molecule has 0 saturated heterocycles. The van der Waals surface area contributed by atoms with Gasteiger partial charge in [-0.15, -0.1) is 0 Å². The second-order valence-corrected chi connectivity index (χ2v) is 4.07. The number of hydrogen-bond donors (Lipinski definition) is 2. The summed E-state index contributed by atoms with van der Waals surface area (Å²) in [4.78, 5) is 33.3. The van der Waals surface area contributed by atoms with Crippen molar-refractivity contribution in [3.63, 3.8) is 0 Å². The summed E-state index contributed by atoms with van der Waals surface area (Å²) in [6.45, 7) is 5.10. The molecule has 0 aromatic heterocycles. The van der Waals surface area contributed by atoms with Crippen molar-refractivity contribution < 1.29 is 23.9 Å². The first-order chi connectivity index (χ1) is 8.85. The van der Waals surface area contributed by atoms with Gasteiger partial charge in [0.05, 0.1) is 12.1 Å². The molecule has 1 atom stereocenters. The third-order valence-electron chi connectivity index (χ3n) is 1.79. The fourth-order valence-corrected chi connectivity index (χ4v) is 1.00. The summed E-state index contributed by atoms with van der Waals surface area (Å²) >= 11 is 0. The van der Waals surface area contributed by atoms with Crippen molar-refractivity contribution in [1.82, 2.24) is 10.6 Å². The molecule has 108 valence electrons. The van der Waals surface area contributed by atoms with E-state index < -0.39 is 11.9 Å². The van der Waals surface area contributed by atoms with Crippen LogP contribution in [0.2, 0.25) is 0 Å². The monoisotopic (exact) mass is 272 g/mol. The molecule has 0 bridgehead atoms. The minimum absolute atomic E-state index is 0.00974. The Balaban J connectivity index is 3.95. The number of esters is 2. The van der Waals surface area contributed by atoms with E-state index in [4.69, 9.17) is 9.47 Å². The summed E-state index contributed by atoms with van der Waals surface area (Å²) < 4.78 is 9.62. The van der Waals surface area contributed by atoms with Crippen molar-refractivity contribution >= 4 is 18.0 Å². The third-order valence-corrected chi connectivity index (χ3v) is 1.79. The van der Waals surface area contributed by atoms with Gasteiger partial charge in [0.25, 0.3) is 0 Å². The summed E-state index contributed by atoms with van der Waals surface area (Å²) in [5.74, 6) is -1.28. The van der Waals surface area contributed by atoms with E-state index in [-0.39, 0.29) is 24.8 Å². The van der Waals surface area contributed by atoms with Gasteiger partial charge < -0.3 is 20.1 Å². The highest BCUT2D eigenvalue weighted by Crippen LogP contribution is 1.92. The van der Waals surface area contributed by atoms with Crippen LogP contribution in [0.4, 0.5) is 4.79 Å². The molecule has 0 saturated carbocycles. The summed E-state index contributed by atoms with van der Waals surface area (Å²) in [6.07, 6.45) is 1.74. The molecular formula is C12H20N2O5. The summed E-state index contributed by atoms with van der Waals surface area (Å²) in [5, 5.41) is 4.91. The molecule has 0 unspecified atom stereocenters. The van der Waals surface area contributed by atoms with E-state index in [9.17, 15) is 14.4 Å². The lowest BCUT2D eigenvalue weighted by Gasteiger charge is -2.12. The van der Waals surface area contributed by atoms with Gasteiger partial charge >= 0.3 is 18.0 Å². The van der Waals surface area contributed by atoms with Crippen LogP contribution in [0.25, 0.3) is 0 Å². The maximum atomic E-state index is 11.2. The minimum atomic E-state index is -0.675. The van der Waals surface area contributed by atoms with Crippen molar-refractivity contribution in [3.8, 4) is 0 Å². The average Bonchev–Trinajstić information content (AvgIpc) is 2.32. The Hall–Kier alpha value is -2.05. The fourth-order valence-electron chi connectivity index (χ4n) is 1.00. The third kappa shape index (κ3) is 9.63. The van der Waals surface area contributed by atoms with E-state index in [0.29, 0.717) is 0 Å². The first-order valence-electron chi connectivity index (χ1n) is 5.88. The normalized spacial score (nSPS) is 12.1. The molecular weight excluding hydrogens is 252 g/mol. The maximum absolute atomic E-state index is 11.2. The van der Waals surface area contributed by atoms with E-state index in [0.717, 1.165) is 12.2 Å². The lowest BCUT2D eigenvalue weighted by atomic mass is 10.4. The van der Waals surface area contributed by atoms with Gasteiger partial charge in [-0.3, -0.25) is 0 Å². The Bertz CT molecular complexity index is 352. The molecule has 2 N–H and O–H groups in total. The first kappa shape index (κ1) is 16.9. The molecule has 0 radical (unpaired) electrons. The zero-order chi connectivity index (χ0) is 14.8. The fraction of sp³-hybridized carbons (Fsp3) is 0.583. The highest BCUT2D eigenvalue weighted by Gasteiger charge is 2.08. The molecule has 7 nitrogen and oxygen atoms in total. The summed E-state index contributed by atoms with van der Waals surface area (Å²) in [7, 11) is 1.48. The van der Waals surface area contributed by atoms with Gasteiger partial charge in [0, 0.05) is 19.2 Å². The van der Waals surface area contributed by atoms with Crippen LogP contribution in [-0.4, -0.2) is 43.8 Å². The molecule has 2 amide bonds. The van der Waals surface area contributed by atoms with Crippen molar-refractivity contribution in [2.75, 3.05) is 13.7 Å². The van der Waals surface area contributed by atoms with E-state index >= 15 is 0 Å². The standard InChI is InChI=1S/C12H20N2O5/c1-8(2)19-11(16)6-5-10(15)18-7-9(3)14-12(17)13-4/h5-6,8-9H,7H2,1-4H3,(H2,13,14,17)/b6-5+/t9-/m0/s1. The van der Waals surface area contributed by atoms with Gasteiger partial charge in [0.1, 0.15) is 6.61 Å². The number of carbonyl (C=O) groups excluding carboxylic acids is 3. The average molecular weight is 272 g/mol. The lowest BCUT2D eigenvalue weighted by Crippen LogP contribution is -2.41. The van der Waals surface area contributed by atoms with Crippen LogP contribution >= 0.6 is 0 Å². The molecule has 0 heterocycles. The van der Waals surface area contributed by atoms with Crippen LogP contribution in [0.1, 0.15) is 20.8 Å². The topological polar surface area (TPSA) is 93.7 Å². The first-order valence-corrected chi connectivity index (χ1v) is 5.88. The molecule has 0 rings (SSSR count). The van der Waals surface area contributed by atoms with Crippen molar-refractivity contribution in [2.24, 2.45) is 0 Å². The number of amides is 2. The zero-order valence-electron chi connectivity index (χ0n) is 11.6. The van der Waals surface area contributed by atoms with Crippen molar-refractivity contribution in [2.45, 2.75) is 32.9 Å². The van der Waals surface area contributed by atoms with Crippen LogP contribution in [0.3, 0.4) is 0 Å². The Labute approximate surface area is 112 Å². The van der Waals surface area contributed by atoms with Crippen LogP contribution in [0.5, 0.6) is 0 Å². The van der Waals surface area contributed by atoms with Gasteiger partial charge in [-0.25, -0.2) is 14.4 Å². The number of hydrogen-bond acceptors (Lipinski definition) is 5. The van der Waals surface area contributed by atoms with Gasteiger partial charge in [-0.2, -0.15) is 0 Å². The van der Waals surface area contributed by atoms with Crippen molar-refractivity contribution in [1.29, 1.82) is 0 Å². The maximum Gasteiger partial charge on any atom is 0.331 e. The zero-order valence-corrected chi connectivity index (χ0v) is 11.6. The summed E-state index contributed by atoms with van der Waals surface area (Å²) in [5.41, 5.74) is 0. The Kier molecular flexibility index (Phi) is 7.99. The van der Waals surface area contributed by atoms with Crippen molar-refractivity contribution in [3.05, 3.63) is 12.2 Å². The number of rotatable bonds is 6. The molecule has 0 aromatic carbocycles. The predicted octanol–water partition coefficient (Wildman–Crippen LogP) is 0.355. The van der Waals surface area contributed by atoms with Gasteiger partial charge in [-0.05, 0) is 20.8 Å². The second kappa shape index (κ2) is 8.96. The molecule has 0 fully saturated rings. The second-order valence-electron chi connectivity index (χ2n) is 4.07. The van der Waals surface area contributed by atoms with E-state index in [1.165, 1.54) is 7.05 Å². The quantitative estimate of drug-likeness (QED) is 0.537. The SMILES string of the molecule is CNC(=O)N[C@@H](C)COC(=O)/C=C/C(=O)OC(C)C. The van der Waals surface area contributed by atoms with Gasteiger partial charge in [0.15, 0.2) is 0 Å². The Morgan fingerprint density at radius 2 is 1.68 bits per heavy atom. The number of carbonyl (C=O) groups is 3. The molecule has 0 spiro atoms. The van der Waals surface area contributed by atoms with Crippen LogP contribution in [0.15, 0.2) is 12.2 Å². The van der Waals surface area contributed by atoms with Gasteiger partial charge in [0.2, 0.25) is 0 Å². The molecule has 0 aliphatic carbocycles. The number of nitrogens with one attached hydrogen (secondary N) is 2. The number of urea groups is 1. The van der Waals surface area contributed by atoms with Crippen LogP contribution in [-0.2, 0) is 19.1 Å². The largest absolute Gasteiger partial charge is 0.460 e. The lowest BCUT2D eigenvalue weighted by molar-refractivity contribution is -0.143. The molecule has 19 heavy (non-hydrogen) atoms. The summed E-state index contributed by atoms with van der Waals surface area (Å²) in [6, 6.07) is -0.695. The van der Waals surface area contributed by atoms with E-state index in [1.54, 1.807) is 20.8 Å². The highest BCUT2D eigenvalue weighted by atomic mass is 16.5. The van der Waals surface area contributed by atoms with Crippen LogP contribution in [0, 0.1) is 0 Å². The molecule has 0 aliphatic heterocycles. The van der Waals surface area contributed by atoms with Gasteiger partial charge in [-0.1, -0.05) is 0 Å². The van der Waals surface area contributed by atoms with Crippen LogP contribution < -0.4 is 10.6 Å². The predicted molar refractivity (Wildman–Crippen MR) is 68.4 cm³/mol. The van der Waals surface area contributed by atoms with E-state index in [2.05, 4.69) is 10.6 Å². The molecule has 0 aromatic rings. The molecule has 7 heteroatoms. The number of ether oxygens (including phenoxy) is 2.